The highest BCUT2D eigenvalue weighted by atomic mass is 16.5. The summed E-state index contributed by atoms with van der Waals surface area (Å²) in [5.41, 5.74) is 0. The van der Waals surface area contributed by atoms with Crippen molar-refractivity contribution in [2.24, 2.45) is 0 Å². The van der Waals surface area contributed by atoms with Gasteiger partial charge in [-0.3, -0.25) is 0 Å². The number of unbranched alkanes of at least 4 members (excludes halogenated alkanes) is 1. The summed E-state index contributed by atoms with van der Waals surface area (Å²) in [6, 6.07) is 0. The number of carbonyl (C=O) groups excluding carboxylic acids is 1. The van der Waals surface area contributed by atoms with Gasteiger partial charge in [0.2, 0.25) is 0 Å². The van der Waals surface area contributed by atoms with E-state index in [0.717, 1.165) is 43.9 Å². The second-order valence-electron chi connectivity index (χ2n) is 4.57. The van der Waals surface area contributed by atoms with Gasteiger partial charge in [-0.05, 0) is 6.42 Å². The van der Waals surface area contributed by atoms with Gasteiger partial charge >= 0.3 is 5.97 Å². The first-order valence-electron chi connectivity index (χ1n) is 6.44. The molecule has 1 aliphatic heterocycles. The number of hydrogen-bond donors (Lipinski definition) is 0. The number of ether oxygens (including phenoxy) is 2. The Balaban J connectivity index is 2.39. The molecule has 0 radical (unpaired) electrons. The number of nitrogens with zero attached hydrogens (tertiary/aromatic N) is 1. The van der Waals surface area contributed by atoms with Crippen molar-refractivity contribution in [3.05, 3.63) is 12.7 Å². The summed E-state index contributed by atoms with van der Waals surface area (Å²) in [4.78, 5) is 11.0. The van der Waals surface area contributed by atoms with Crippen LogP contribution in [0.3, 0.4) is 0 Å². The number of hydrogen-bond acceptors (Lipinski definition) is 3. The molecule has 0 spiro atoms. The topological polar surface area (TPSA) is 35.5 Å². The minimum Gasteiger partial charge on any atom is -0.457 e. The molecule has 17 heavy (non-hydrogen) atoms. The zero-order valence-corrected chi connectivity index (χ0v) is 10.8. The molecule has 4 nitrogen and oxygen atoms in total. The summed E-state index contributed by atoms with van der Waals surface area (Å²) < 4.78 is 11.5. The van der Waals surface area contributed by atoms with Gasteiger partial charge in [0.15, 0.2) is 0 Å². The zero-order valence-electron chi connectivity index (χ0n) is 10.8. The average molecular weight is 242 g/mol. The average Bonchev–Trinajstić information content (AvgIpc) is 2.37. The Morgan fingerprint density at radius 2 is 2.12 bits per heavy atom. The molecular formula is C13H24NO3+. The molecule has 1 fully saturated rings. The summed E-state index contributed by atoms with van der Waals surface area (Å²) in [6.07, 6.45) is 3.64. The molecule has 0 aromatic rings. The van der Waals surface area contributed by atoms with E-state index in [-0.39, 0.29) is 5.97 Å². The lowest BCUT2D eigenvalue weighted by Crippen LogP contribution is -2.57. The lowest BCUT2D eigenvalue weighted by molar-refractivity contribution is -0.935. The van der Waals surface area contributed by atoms with E-state index in [1.165, 1.54) is 18.9 Å². The fraction of sp³-hybridized carbons (Fsp3) is 0.769. The summed E-state index contributed by atoms with van der Waals surface area (Å²) in [5.74, 6) is -0.327. The number of carbonyl (C=O) groups is 1. The van der Waals surface area contributed by atoms with Gasteiger partial charge in [0.1, 0.15) is 26.2 Å². The Hall–Kier alpha value is -0.870. The Morgan fingerprint density at radius 1 is 1.41 bits per heavy atom. The van der Waals surface area contributed by atoms with Crippen LogP contribution < -0.4 is 0 Å². The first-order valence-corrected chi connectivity index (χ1v) is 6.44. The summed E-state index contributed by atoms with van der Waals surface area (Å²) >= 11 is 0. The second-order valence-corrected chi connectivity index (χ2v) is 4.57. The molecule has 0 amide bonds. The van der Waals surface area contributed by atoms with Crippen molar-refractivity contribution >= 4 is 5.97 Å². The minimum absolute atomic E-state index is 0.327. The molecule has 0 aromatic carbocycles. The van der Waals surface area contributed by atoms with Crippen molar-refractivity contribution in [1.82, 2.24) is 0 Å². The van der Waals surface area contributed by atoms with Crippen LogP contribution in [0, 0.1) is 0 Å². The van der Waals surface area contributed by atoms with Crippen LogP contribution >= 0.6 is 0 Å². The number of quaternary nitrogens is 1. The van der Waals surface area contributed by atoms with Crippen LogP contribution in [0.15, 0.2) is 12.7 Å². The predicted octanol–water partition coefficient (Wildman–Crippen LogP) is 1.36. The van der Waals surface area contributed by atoms with Crippen LogP contribution in [0.4, 0.5) is 0 Å². The van der Waals surface area contributed by atoms with Crippen molar-refractivity contribution in [3.63, 3.8) is 0 Å². The maximum absolute atomic E-state index is 11.0. The van der Waals surface area contributed by atoms with E-state index in [2.05, 4.69) is 13.5 Å². The fourth-order valence-electron chi connectivity index (χ4n) is 2.18. The van der Waals surface area contributed by atoms with E-state index in [9.17, 15) is 4.79 Å². The molecular weight excluding hydrogens is 218 g/mol. The molecule has 0 saturated carbocycles. The minimum atomic E-state index is -0.327. The molecule has 0 N–H and O–H groups in total. The van der Waals surface area contributed by atoms with Crippen molar-refractivity contribution in [2.75, 3.05) is 46.0 Å². The van der Waals surface area contributed by atoms with Crippen molar-refractivity contribution in [1.29, 1.82) is 0 Å². The molecule has 0 atom stereocenters. The highest BCUT2D eigenvalue weighted by molar-refractivity contribution is 5.81. The van der Waals surface area contributed by atoms with E-state index in [1.54, 1.807) is 0 Å². The zero-order chi connectivity index (χ0) is 12.6. The van der Waals surface area contributed by atoms with Crippen LogP contribution in [-0.2, 0) is 14.3 Å². The predicted molar refractivity (Wildman–Crippen MR) is 66.6 cm³/mol. The highest BCUT2D eigenvalue weighted by Gasteiger charge is 2.29. The molecule has 98 valence electrons. The Labute approximate surface area is 104 Å². The fourth-order valence-corrected chi connectivity index (χ4v) is 2.18. The van der Waals surface area contributed by atoms with Gasteiger partial charge in [0.25, 0.3) is 0 Å². The molecule has 1 rings (SSSR count). The Kier molecular flexibility index (Phi) is 6.22. The van der Waals surface area contributed by atoms with Crippen molar-refractivity contribution < 1.29 is 18.8 Å². The highest BCUT2D eigenvalue weighted by Crippen LogP contribution is 2.13. The Morgan fingerprint density at radius 3 is 2.71 bits per heavy atom. The molecule has 0 bridgehead atoms. The second kappa shape index (κ2) is 7.45. The van der Waals surface area contributed by atoms with Crippen LogP contribution in [0.1, 0.15) is 19.8 Å². The first-order chi connectivity index (χ1) is 8.22. The summed E-state index contributed by atoms with van der Waals surface area (Å²) in [7, 11) is 0. The van der Waals surface area contributed by atoms with Crippen molar-refractivity contribution in [2.45, 2.75) is 19.8 Å². The van der Waals surface area contributed by atoms with E-state index < -0.39 is 0 Å². The third-order valence-electron chi connectivity index (χ3n) is 3.38. The monoisotopic (exact) mass is 242 g/mol. The van der Waals surface area contributed by atoms with Crippen LogP contribution in [0.2, 0.25) is 0 Å². The molecule has 1 heterocycles. The third kappa shape index (κ3) is 4.88. The Bertz CT molecular complexity index is 247. The lowest BCUT2D eigenvalue weighted by atomic mass is 10.2. The molecule has 0 unspecified atom stereocenters. The molecule has 0 aromatic heterocycles. The number of esters is 1. The largest absolute Gasteiger partial charge is 0.457 e. The maximum atomic E-state index is 11.0. The van der Waals surface area contributed by atoms with Gasteiger partial charge in [-0.1, -0.05) is 19.9 Å². The van der Waals surface area contributed by atoms with E-state index in [4.69, 9.17) is 9.47 Å². The summed E-state index contributed by atoms with van der Waals surface area (Å²) in [5, 5.41) is 0. The van der Waals surface area contributed by atoms with Crippen molar-refractivity contribution in [3.8, 4) is 0 Å². The number of morpholine rings is 1. The smallest absolute Gasteiger partial charge is 0.330 e. The van der Waals surface area contributed by atoms with Gasteiger partial charge in [-0.25, -0.2) is 4.79 Å². The molecule has 1 saturated heterocycles. The quantitative estimate of drug-likeness (QED) is 0.384. The molecule has 1 aliphatic rings. The molecule has 4 heteroatoms. The normalized spacial score (nSPS) is 18.6. The van der Waals surface area contributed by atoms with Gasteiger partial charge < -0.3 is 14.0 Å². The van der Waals surface area contributed by atoms with E-state index in [0.29, 0.717) is 6.61 Å². The van der Waals surface area contributed by atoms with Crippen LogP contribution in [0.5, 0.6) is 0 Å². The standard InChI is InChI=1S/C13H24NO3/c1-3-5-6-14(7-10-16-11-8-14)9-12-17-13(15)4-2/h4H,2-3,5-12H2,1H3/q+1. The third-order valence-corrected chi connectivity index (χ3v) is 3.38. The first kappa shape index (κ1) is 14.2. The molecule has 0 aliphatic carbocycles. The van der Waals surface area contributed by atoms with Gasteiger partial charge in [0, 0.05) is 6.08 Å². The van der Waals surface area contributed by atoms with Gasteiger partial charge in [-0.2, -0.15) is 0 Å². The number of rotatable bonds is 7. The SMILES string of the molecule is C=CC(=O)OCC[N+]1(CCCC)CCOCC1. The van der Waals surface area contributed by atoms with E-state index in [1.807, 2.05) is 0 Å². The maximum Gasteiger partial charge on any atom is 0.330 e. The van der Waals surface area contributed by atoms with Gasteiger partial charge in [-0.15, -0.1) is 0 Å². The van der Waals surface area contributed by atoms with Gasteiger partial charge in [0.05, 0.1) is 19.8 Å². The van der Waals surface area contributed by atoms with Crippen LogP contribution in [0.25, 0.3) is 0 Å². The lowest BCUT2D eigenvalue weighted by Gasteiger charge is -2.41. The van der Waals surface area contributed by atoms with Crippen LogP contribution in [-0.4, -0.2) is 56.5 Å². The summed E-state index contributed by atoms with van der Waals surface area (Å²) in [6.45, 7) is 11.8. The van der Waals surface area contributed by atoms with E-state index >= 15 is 0 Å².